The van der Waals surface area contributed by atoms with Gasteiger partial charge in [0.05, 0.1) is 0 Å². The van der Waals surface area contributed by atoms with Gasteiger partial charge in [-0.3, -0.25) is 9.59 Å². The highest BCUT2D eigenvalue weighted by molar-refractivity contribution is 7.16. The average Bonchev–Trinajstić information content (AvgIpc) is 3.09. The lowest BCUT2D eigenvalue weighted by molar-refractivity contribution is -0.147. The van der Waals surface area contributed by atoms with Crippen molar-refractivity contribution in [3.8, 4) is 0 Å². The van der Waals surface area contributed by atoms with Gasteiger partial charge in [-0.05, 0) is 43.5 Å². The largest absolute Gasteiger partial charge is 0.457 e. The van der Waals surface area contributed by atoms with E-state index >= 15 is 0 Å². The number of halogens is 1. The summed E-state index contributed by atoms with van der Waals surface area (Å²) in [5.41, 5.74) is 0.696. The molecule has 0 saturated carbocycles. The Morgan fingerprint density at radius 3 is 2.63 bits per heavy atom. The maximum atomic E-state index is 12.6. The molecule has 0 saturated heterocycles. The van der Waals surface area contributed by atoms with Gasteiger partial charge >= 0.3 is 5.97 Å². The number of carbonyl (C=O) groups excluding carboxylic acids is 2. The molecule has 1 amide bonds. The van der Waals surface area contributed by atoms with Gasteiger partial charge in [0.25, 0.3) is 11.5 Å². The number of aromatic nitrogens is 3. The fourth-order valence-electron chi connectivity index (χ4n) is 2.78. The number of nitrogens with one attached hydrogen (secondary N) is 1. The molecule has 0 aliphatic heterocycles. The van der Waals surface area contributed by atoms with Gasteiger partial charge in [-0.2, -0.15) is 9.61 Å². The normalized spacial score (nSPS) is 12.2. The molecule has 1 N–H and O–H groups in total. The molecule has 158 valence electrons. The Labute approximate surface area is 181 Å². The fraction of sp³-hybridized carbons (Fsp3) is 0.350. The topological polar surface area (TPSA) is 103 Å². The quantitative estimate of drug-likeness (QED) is 0.557. The smallest absolute Gasteiger partial charge is 0.329 e. The minimum absolute atomic E-state index is 0.114. The zero-order valence-electron chi connectivity index (χ0n) is 16.7. The van der Waals surface area contributed by atoms with Crippen molar-refractivity contribution in [1.29, 1.82) is 0 Å². The first-order chi connectivity index (χ1) is 14.2. The first-order valence-electron chi connectivity index (χ1n) is 9.32. The van der Waals surface area contributed by atoms with Gasteiger partial charge in [0.15, 0.2) is 5.01 Å². The number of nitrogens with zero attached hydrogens (tertiary/aromatic N) is 3. The van der Waals surface area contributed by atoms with E-state index in [-0.39, 0.29) is 24.0 Å². The number of amides is 1. The summed E-state index contributed by atoms with van der Waals surface area (Å²) in [7, 11) is 0. The molecule has 0 bridgehead atoms. The molecule has 3 rings (SSSR count). The summed E-state index contributed by atoms with van der Waals surface area (Å²) in [4.78, 5) is 41.8. The van der Waals surface area contributed by atoms with E-state index in [4.69, 9.17) is 16.3 Å². The Bertz CT molecular complexity index is 1120. The molecular weight excluding hydrogens is 428 g/mol. The maximum absolute atomic E-state index is 12.6. The highest BCUT2D eigenvalue weighted by Gasteiger charge is 2.24. The standard InChI is InChI=1S/C20H21ClN4O4S/c1-11(2)8-15(23-18(27)13-4-6-14(21)7-5-13)19(28)29-10-16-24-25-17(26)9-12(3)22-20(25)30-16/h4-7,9,11,15H,8,10H2,1-3H3,(H,23,27). The van der Waals surface area contributed by atoms with Gasteiger partial charge in [-0.1, -0.05) is 36.8 Å². The van der Waals surface area contributed by atoms with Gasteiger partial charge < -0.3 is 10.1 Å². The Hall–Kier alpha value is -2.78. The number of benzene rings is 1. The first-order valence-corrected chi connectivity index (χ1v) is 10.5. The van der Waals surface area contributed by atoms with Crippen LogP contribution in [0.4, 0.5) is 0 Å². The third-order valence-electron chi connectivity index (χ3n) is 4.16. The van der Waals surface area contributed by atoms with E-state index in [0.717, 1.165) is 0 Å². The number of hydrogen-bond donors (Lipinski definition) is 1. The van der Waals surface area contributed by atoms with Gasteiger partial charge in [0.2, 0.25) is 4.96 Å². The third kappa shape index (κ3) is 5.43. The van der Waals surface area contributed by atoms with E-state index in [0.29, 0.717) is 32.7 Å². The van der Waals surface area contributed by atoms with Crippen LogP contribution in [-0.4, -0.2) is 32.5 Å². The van der Waals surface area contributed by atoms with Crippen molar-refractivity contribution in [2.75, 3.05) is 0 Å². The summed E-state index contributed by atoms with van der Waals surface area (Å²) in [5.74, 6) is -0.802. The summed E-state index contributed by atoms with van der Waals surface area (Å²) in [5, 5.41) is 7.82. The predicted octanol–water partition coefficient (Wildman–Crippen LogP) is 3.00. The second-order valence-electron chi connectivity index (χ2n) is 7.20. The van der Waals surface area contributed by atoms with Gasteiger partial charge in [0.1, 0.15) is 12.6 Å². The Morgan fingerprint density at radius 1 is 1.27 bits per heavy atom. The number of hydrogen-bond acceptors (Lipinski definition) is 7. The van der Waals surface area contributed by atoms with Crippen LogP contribution in [0.5, 0.6) is 0 Å². The van der Waals surface area contributed by atoms with Crippen LogP contribution < -0.4 is 10.9 Å². The minimum atomic E-state index is -0.814. The molecule has 1 aromatic carbocycles. The van der Waals surface area contributed by atoms with Crippen LogP contribution in [0.15, 0.2) is 35.1 Å². The van der Waals surface area contributed by atoms with Crippen LogP contribution in [0.3, 0.4) is 0 Å². The molecule has 0 aliphatic rings. The van der Waals surface area contributed by atoms with Crippen molar-refractivity contribution in [3.05, 3.63) is 62.0 Å². The van der Waals surface area contributed by atoms with E-state index < -0.39 is 12.0 Å². The number of carbonyl (C=O) groups is 2. The van der Waals surface area contributed by atoms with Crippen molar-refractivity contribution in [2.24, 2.45) is 5.92 Å². The molecule has 0 aliphatic carbocycles. The summed E-state index contributed by atoms with van der Waals surface area (Å²) in [6.45, 7) is 5.50. The Kier molecular flexibility index (Phi) is 6.84. The van der Waals surface area contributed by atoms with E-state index in [1.165, 1.54) is 21.9 Å². The molecule has 0 fully saturated rings. The van der Waals surface area contributed by atoms with Gasteiger partial charge in [-0.15, -0.1) is 0 Å². The Morgan fingerprint density at radius 2 is 1.97 bits per heavy atom. The average molecular weight is 449 g/mol. The molecule has 2 aromatic heterocycles. The van der Waals surface area contributed by atoms with Crippen LogP contribution in [-0.2, 0) is 16.1 Å². The van der Waals surface area contributed by atoms with Crippen molar-refractivity contribution in [1.82, 2.24) is 19.9 Å². The van der Waals surface area contributed by atoms with Crippen molar-refractivity contribution >= 4 is 39.8 Å². The molecule has 30 heavy (non-hydrogen) atoms. The molecule has 3 aromatic rings. The lowest BCUT2D eigenvalue weighted by Gasteiger charge is -2.19. The summed E-state index contributed by atoms with van der Waals surface area (Å²) >= 11 is 7.02. The van der Waals surface area contributed by atoms with Crippen LogP contribution in [0.25, 0.3) is 4.96 Å². The predicted molar refractivity (Wildman–Crippen MR) is 114 cm³/mol. The van der Waals surface area contributed by atoms with Crippen LogP contribution in [0.2, 0.25) is 5.02 Å². The fourth-order valence-corrected chi connectivity index (χ4v) is 3.76. The van der Waals surface area contributed by atoms with E-state index in [1.54, 1.807) is 31.2 Å². The molecular formula is C20H21ClN4O4S. The SMILES string of the molecule is Cc1cc(=O)n2nc(COC(=O)C(CC(C)C)NC(=O)c3ccc(Cl)cc3)sc2n1. The number of fused-ring (bicyclic) bond motifs is 1. The van der Waals surface area contributed by atoms with E-state index in [9.17, 15) is 14.4 Å². The molecule has 8 nitrogen and oxygen atoms in total. The van der Waals surface area contributed by atoms with Crippen molar-refractivity contribution in [2.45, 2.75) is 39.8 Å². The lowest BCUT2D eigenvalue weighted by Crippen LogP contribution is -2.42. The minimum Gasteiger partial charge on any atom is -0.457 e. The molecule has 0 spiro atoms. The Balaban J connectivity index is 1.69. The summed E-state index contributed by atoms with van der Waals surface area (Å²) < 4.78 is 6.55. The zero-order chi connectivity index (χ0) is 21.8. The molecule has 1 atom stereocenters. The molecule has 0 radical (unpaired) electrons. The second kappa shape index (κ2) is 9.36. The van der Waals surface area contributed by atoms with Gasteiger partial charge in [-0.25, -0.2) is 9.78 Å². The zero-order valence-corrected chi connectivity index (χ0v) is 18.3. The van der Waals surface area contributed by atoms with Crippen LogP contribution in [0.1, 0.15) is 41.3 Å². The van der Waals surface area contributed by atoms with Crippen molar-refractivity contribution in [3.63, 3.8) is 0 Å². The maximum Gasteiger partial charge on any atom is 0.329 e. The number of ether oxygens (including phenoxy) is 1. The highest BCUT2D eigenvalue weighted by atomic mass is 35.5. The molecule has 10 heteroatoms. The van der Waals surface area contributed by atoms with E-state index in [2.05, 4.69) is 15.4 Å². The number of esters is 1. The van der Waals surface area contributed by atoms with Gasteiger partial charge in [0, 0.05) is 22.3 Å². The summed E-state index contributed by atoms with van der Waals surface area (Å²) in [6, 6.07) is 6.96. The summed E-state index contributed by atoms with van der Waals surface area (Å²) in [6.07, 6.45) is 0.415. The third-order valence-corrected chi connectivity index (χ3v) is 5.29. The number of rotatable bonds is 7. The monoisotopic (exact) mass is 448 g/mol. The van der Waals surface area contributed by atoms with Crippen LogP contribution >= 0.6 is 22.9 Å². The van der Waals surface area contributed by atoms with E-state index in [1.807, 2.05) is 13.8 Å². The molecule has 2 heterocycles. The second-order valence-corrected chi connectivity index (χ2v) is 8.67. The highest BCUT2D eigenvalue weighted by Crippen LogP contribution is 2.15. The first kappa shape index (κ1) is 21.9. The van der Waals surface area contributed by atoms with Crippen LogP contribution in [0, 0.1) is 12.8 Å². The molecule has 1 unspecified atom stereocenters. The number of aryl methyl sites for hydroxylation is 1. The lowest BCUT2D eigenvalue weighted by atomic mass is 10.0. The van der Waals surface area contributed by atoms with Crippen molar-refractivity contribution < 1.29 is 14.3 Å².